The molecule has 1 fully saturated rings. The van der Waals surface area contributed by atoms with E-state index in [1.807, 2.05) is 32.0 Å². The lowest BCUT2D eigenvalue weighted by Crippen LogP contribution is -2.32. The molecular formula is C23H26FNO4S. The van der Waals surface area contributed by atoms with Crippen molar-refractivity contribution < 1.29 is 23.5 Å². The average molecular weight is 432 g/mol. The number of nitrogens with zero attached hydrogens (tertiary/aromatic N) is 1. The normalized spacial score (nSPS) is 18.5. The maximum atomic E-state index is 14.0. The van der Waals surface area contributed by atoms with Gasteiger partial charge in [-0.15, -0.1) is 0 Å². The number of ether oxygens (including phenoxy) is 2. The molecule has 2 aromatic carbocycles. The minimum atomic E-state index is -0.429. The lowest BCUT2D eigenvalue weighted by molar-refractivity contribution is -0.109. The minimum Gasteiger partial charge on any atom is -0.486 e. The van der Waals surface area contributed by atoms with Crippen LogP contribution in [-0.2, 0) is 15.3 Å². The quantitative estimate of drug-likeness (QED) is 0.688. The van der Waals surface area contributed by atoms with Crippen molar-refractivity contribution in [1.82, 2.24) is 4.90 Å². The summed E-state index contributed by atoms with van der Waals surface area (Å²) in [5.41, 5.74) is 3.27. The second kappa shape index (κ2) is 9.62. The Morgan fingerprint density at radius 3 is 2.57 bits per heavy atom. The first-order valence-corrected chi connectivity index (χ1v) is 10.7. The number of rotatable bonds is 6. The van der Waals surface area contributed by atoms with E-state index in [9.17, 15) is 14.0 Å². The molecule has 0 N–H and O–H groups in total. The molecule has 1 saturated heterocycles. The number of hydrogen-bond donors (Lipinski definition) is 0. The zero-order valence-electron chi connectivity index (χ0n) is 17.6. The average Bonchev–Trinajstić information content (AvgIpc) is 3.10. The Morgan fingerprint density at radius 1 is 1.13 bits per heavy atom. The third-order valence-corrected chi connectivity index (χ3v) is 5.97. The van der Waals surface area contributed by atoms with E-state index in [0.29, 0.717) is 35.7 Å². The molecule has 0 bridgehead atoms. The number of methoxy groups -OCH3 is 1. The van der Waals surface area contributed by atoms with E-state index < -0.39 is 11.9 Å². The highest BCUT2D eigenvalue weighted by Gasteiger charge is 2.37. The van der Waals surface area contributed by atoms with Gasteiger partial charge in [0.1, 0.15) is 23.8 Å². The van der Waals surface area contributed by atoms with E-state index in [2.05, 4.69) is 0 Å². The van der Waals surface area contributed by atoms with E-state index in [1.54, 1.807) is 18.1 Å². The Balaban J connectivity index is 1.75. The summed E-state index contributed by atoms with van der Waals surface area (Å²) in [5, 5.41) is -0.0300. The summed E-state index contributed by atoms with van der Waals surface area (Å²) < 4.78 is 25.6. The predicted molar refractivity (Wildman–Crippen MR) is 115 cm³/mol. The molecular weight excluding hydrogens is 405 g/mol. The number of benzene rings is 2. The van der Waals surface area contributed by atoms with Crippen molar-refractivity contribution in [2.24, 2.45) is 0 Å². The van der Waals surface area contributed by atoms with Crippen molar-refractivity contribution in [3.05, 3.63) is 64.5 Å². The van der Waals surface area contributed by atoms with Crippen LogP contribution in [0.2, 0.25) is 0 Å². The van der Waals surface area contributed by atoms with Gasteiger partial charge in [0, 0.05) is 31.4 Å². The molecule has 30 heavy (non-hydrogen) atoms. The number of hydrogen-bond acceptors (Lipinski definition) is 5. The molecule has 0 radical (unpaired) electrons. The van der Waals surface area contributed by atoms with Crippen LogP contribution in [0, 0.1) is 19.7 Å². The van der Waals surface area contributed by atoms with Crippen LogP contribution in [-0.4, -0.2) is 48.3 Å². The van der Waals surface area contributed by atoms with Gasteiger partial charge in [0.25, 0.3) is 5.91 Å². The van der Waals surface area contributed by atoms with Gasteiger partial charge in [0.2, 0.25) is 0 Å². The molecule has 1 aliphatic heterocycles. The molecule has 7 heteroatoms. The van der Waals surface area contributed by atoms with E-state index in [-0.39, 0.29) is 17.1 Å². The van der Waals surface area contributed by atoms with Crippen molar-refractivity contribution in [2.75, 3.05) is 20.2 Å². The molecule has 3 rings (SSSR count). The maximum Gasteiger partial charge on any atom is 0.254 e. The molecule has 0 spiro atoms. The van der Waals surface area contributed by atoms with Gasteiger partial charge in [-0.05, 0) is 43.2 Å². The SMILES string of the molecule is CO[C@@H]1CN(C(=O)c2cc(C)ccc2C)C[C@H]1Oc1cc(F)cc(CSC(C)=O)c1. The van der Waals surface area contributed by atoms with Crippen molar-refractivity contribution in [3.63, 3.8) is 0 Å². The van der Waals surface area contributed by atoms with Crippen LogP contribution >= 0.6 is 11.8 Å². The summed E-state index contributed by atoms with van der Waals surface area (Å²) in [4.78, 5) is 26.0. The molecule has 0 aromatic heterocycles. The van der Waals surface area contributed by atoms with E-state index in [1.165, 1.54) is 19.1 Å². The molecule has 2 aromatic rings. The zero-order chi connectivity index (χ0) is 21.8. The predicted octanol–water partition coefficient (Wildman–Crippen LogP) is 4.14. The smallest absolute Gasteiger partial charge is 0.254 e. The van der Waals surface area contributed by atoms with E-state index in [4.69, 9.17) is 9.47 Å². The lowest BCUT2D eigenvalue weighted by atomic mass is 10.0. The number of amides is 1. The molecule has 5 nitrogen and oxygen atoms in total. The molecule has 2 atom stereocenters. The molecule has 1 heterocycles. The molecule has 1 aliphatic rings. The Hall–Kier alpha value is -2.38. The lowest BCUT2D eigenvalue weighted by Gasteiger charge is -2.19. The Morgan fingerprint density at radius 2 is 1.87 bits per heavy atom. The zero-order valence-corrected chi connectivity index (χ0v) is 18.4. The molecule has 0 saturated carbocycles. The van der Waals surface area contributed by atoms with Crippen LogP contribution in [0.25, 0.3) is 0 Å². The van der Waals surface area contributed by atoms with Gasteiger partial charge in [0.05, 0.1) is 13.1 Å². The first-order chi connectivity index (χ1) is 14.3. The highest BCUT2D eigenvalue weighted by molar-refractivity contribution is 8.12. The van der Waals surface area contributed by atoms with Gasteiger partial charge in [-0.1, -0.05) is 29.5 Å². The van der Waals surface area contributed by atoms with Crippen LogP contribution < -0.4 is 4.74 Å². The van der Waals surface area contributed by atoms with Crippen LogP contribution in [0.4, 0.5) is 4.39 Å². The largest absolute Gasteiger partial charge is 0.486 e. The first kappa shape index (κ1) is 22.3. The van der Waals surface area contributed by atoms with Gasteiger partial charge in [0.15, 0.2) is 5.12 Å². The summed E-state index contributed by atoms with van der Waals surface area (Å²) >= 11 is 1.12. The monoisotopic (exact) mass is 431 g/mol. The molecule has 160 valence electrons. The summed E-state index contributed by atoms with van der Waals surface area (Å²) in [6.45, 7) is 6.09. The number of likely N-dealkylation sites (tertiary alicyclic amines) is 1. The first-order valence-electron chi connectivity index (χ1n) is 9.75. The molecule has 0 aliphatic carbocycles. The highest BCUT2D eigenvalue weighted by Crippen LogP contribution is 2.26. The van der Waals surface area contributed by atoms with E-state index >= 15 is 0 Å². The third kappa shape index (κ3) is 5.40. The van der Waals surface area contributed by atoms with Gasteiger partial charge < -0.3 is 14.4 Å². The maximum absolute atomic E-state index is 14.0. The second-order valence-corrected chi connectivity index (χ2v) is 8.69. The fourth-order valence-electron chi connectivity index (χ4n) is 3.52. The fourth-order valence-corrected chi connectivity index (χ4v) is 4.05. The number of carbonyl (C=O) groups excluding carboxylic acids is 2. The molecule has 0 unspecified atom stereocenters. The summed E-state index contributed by atoms with van der Waals surface area (Å²) in [6.07, 6.45) is -0.739. The van der Waals surface area contributed by atoms with Crippen molar-refractivity contribution >= 4 is 22.8 Å². The third-order valence-electron chi connectivity index (χ3n) is 5.09. The number of thioether (sulfide) groups is 1. The van der Waals surface area contributed by atoms with Crippen LogP contribution in [0.1, 0.15) is 34.0 Å². The van der Waals surface area contributed by atoms with Crippen molar-refractivity contribution in [2.45, 2.75) is 38.7 Å². The summed E-state index contributed by atoms with van der Waals surface area (Å²) in [6, 6.07) is 10.2. The minimum absolute atomic E-state index is 0.0300. The van der Waals surface area contributed by atoms with Crippen molar-refractivity contribution in [3.8, 4) is 5.75 Å². The van der Waals surface area contributed by atoms with E-state index in [0.717, 1.165) is 22.9 Å². The number of aryl methyl sites for hydroxylation is 2. The highest BCUT2D eigenvalue weighted by atomic mass is 32.2. The van der Waals surface area contributed by atoms with Gasteiger partial charge >= 0.3 is 0 Å². The fraction of sp³-hybridized carbons (Fsp3) is 0.391. The Kier molecular flexibility index (Phi) is 7.15. The molecule has 1 amide bonds. The Labute approximate surface area is 180 Å². The number of carbonyl (C=O) groups is 2. The summed E-state index contributed by atoms with van der Waals surface area (Å²) in [7, 11) is 1.58. The van der Waals surface area contributed by atoms with Gasteiger partial charge in [-0.2, -0.15) is 0 Å². The van der Waals surface area contributed by atoms with Crippen LogP contribution in [0.3, 0.4) is 0 Å². The summed E-state index contributed by atoms with van der Waals surface area (Å²) in [5.74, 6) is 0.241. The number of halogens is 1. The van der Waals surface area contributed by atoms with Gasteiger partial charge in [-0.25, -0.2) is 4.39 Å². The standard InChI is InChI=1S/C23H26FNO4S/c1-14-5-6-15(2)20(7-14)23(27)25-11-21(28-4)22(12-25)29-19-9-17(8-18(24)10-19)13-30-16(3)26/h5-10,21-22H,11-13H2,1-4H3/t21-,22-/m1/s1. The topological polar surface area (TPSA) is 55.8 Å². The van der Waals surface area contributed by atoms with Crippen molar-refractivity contribution in [1.29, 1.82) is 0 Å². The van der Waals surface area contributed by atoms with Crippen LogP contribution in [0.15, 0.2) is 36.4 Å². The Bertz CT molecular complexity index is 949. The second-order valence-electron chi connectivity index (χ2n) is 7.53. The van der Waals surface area contributed by atoms with Crippen LogP contribution in [0.5, 0.6) is 5.75 Å². The van der Waals surface area contributed by atoms with Gasteiger partial charge in [-0.3, -0.25) is 9.59 Å².